The number of fused-ring (bicyclic) bond motifs is 1. The van der Waals surface area contributed by atoms with Gasteiger partial charge in [-0.15, -0.1) is 0 Å². The molecular weight excluding hydrogens is 352 g/mol. The number of rotatable bonds is 9. The summed E-state index contributed by atoms with van der Waals surface area (Å²) in [6.07, 6.45) is 10.7. The Balaban J connectivity index is 1.90. The summed E-state index contributed by atoms with van der Waals surface area (Å²) in [6.45, 7) is 8.80. The van der Waals surface area contributed by atoms with E-state index < -0.39 is 5.63 Å². The Morgan fingerprint density at radius 1 is 0.964 bits per heavy atom. The summed E-state index contributed by atoms with van der Waals surface area (Å²) in [6, 6.07) is 6.23. The lowest BCUT2D eigenvalue weighted by molar-refractivity contribution is 0.332. The van der Waals surface area contributed by atoms with Crippen LogP contribution < -0.4 is 10.4 Å². The molecule has 0 radical (unpaired) electrons. The molecule has 0 aliphatic heterocycles. The third-order valence-corrected chi connectivity index (χ3v) is 4.51. The summed E-state index contributed by atoms with van der Waals surface area (Å²) in [5, 5.41) is 10.8. The molecule has 1 heterocycles. The maximum Gasteiger partial charge on any atom is 0.336 e. The van der Waals surface area contributed by atoms with Crippen molar-refractivity contribution >= 4 is 11.0 Å². The average molecular weight is 383 g/mol. The van der Waals surface area contributed by atoms with Crippen molar-refractivity contribution in [2.24, 2.45) is 0 Å². The van der Waals surface area contributed by atoms with Crippen molar-refractivity contribution in [2.45, 2.75) is 53.4 Å². The topological polar surface area (TPSA) is 59.7 Å². The van der Waals surface area contributed by atoms with Gasteiger partial charge in [0, 0.05) is 11.5 Å². The van der Waals surface area contributed by atoms with Crippen LogP contribution in [0.3, 0.4) is 0 Å². The molecule has 0 spiro atoms. The van der Waals surface area contributed by atoms with Gasteiger partial charge in [0.2, 0.25) is 5.75 Å². The zero-order chi connectivity index (χ0) is 20.5. The maximum atomic E-state index is 11.5. The summed E-state index contributed by atoms with van der Waals surface area (Å²) in [4.78, 5) is 11.5. The molecule has 1 N–H and O–H groups in total. The first-order valence-corrected chi connectivity index (χ1v) is 9.70. The van der Waals surface area contributed by atoms with Crippen LogP contribution in [-0.4, -0.2) is 11.7 Å². The van der Waals surface area contributed by atoms with Crippen molar-refractivity contribution in [3.05, 3.63) is 69.6 Å². The summed E-state index contributed by atoms with van der Waals surface area (Å²) in [5.74, 6) is 0.164. The third-order valence-electron chi connectivity index (χ3n) is 4.51. The second kappa shape index (κ2) is 10.5. The van der Waals surface area contributed by atoms with E-state index in [1.54, 1.807) is 12.1 Å². The predicted octanol–water partition coefficient (Wildman–Crippen LogP) is 6.30. The maximum absolute atomic E-state index is 11.5. The molecular formula is C24H30O4. The van der Waals surface area contributed by atoms with E-state index in [-0.39, 0.29) is 17.1 Å². The van der Waals surface area contributed by atoms with Crippen LogP contribution in [0.4, 0.5) is 0 Å². The number of ether oxygens (including phenoxy) is 1. The Morgan fingerprint density at radius 3 is 2.32 bits per heavy atom. The number of aromatic hydroxyl groups is 1. The molecule has 1 aromatic heterocycles. The van der Waals surface area contributed by atoms with E-state index in [1.807, 2.05) is 6.08 Å². The van der Waals surface area contributed by atoms with Gasteiger partial charge in [-0.05, 0) is 77.7 Å². The Morgan fingerprint density at radius 2 is 1.61 bits per heavy atom. The number of phenols is 1. The van der Waals surface area contributed by atoms with Crippen LogP contribution >= 0.6 is 0 Å². The second-order valence-electron chi connectivity index (χ2n) is 7.36. The number of allylic oxidation sites excluding steroid dienone is 5. The zero-order valence-corrected chi connectivity index (χ0v) is 17.2. The number of hydrogen-bond donors (Lipinski definition) is 1. The number of benzene rings is 1. The fourth-order valence-corrected chi connectivity index (χ4v) is 2.84. The lowest BCUT2D eigenvalue weighted by Gasteiger charge is -2.09. The van der Waals surface area contributed by atoms with E-state index in [1.165, 1.54) is 28.9 Å². The molecule has 0 saturated carbocycles. The Labute approximate surface area is 166 Å². The van der Waals surface area contributed by atoms with Crippen molar-refractivity contribution in [3.63, 3.8) is 0 Å². The minimum absolute atomic E-state index is 0.0390. The molecule has 0 saturated heterocycles. The van der Waals surface area contributed by atoms with Crippen LogP contribution in [0, 0.1) is 0 Å². The third kappa shape index (κ3) is 6.76. The van der Waals surface area contributed by atoms with Crippen LogP contribution in [0.25, 0.3) is 11.0 Å². The first-order valence-electron chi connectivity index (χ1n) is 9.70. The lowest BCUT2D eigenvalue weighted by Crippen LogP contribution is -1.99. The van der Waals surface area contributed by atoms with Crippen molar-refractivity contribution in [2.75, 3.05) is 6.61 Å². The molecule has 0 unspecified atom stereocenters. The van der Waals surface area contributed by atoms with E-state index >= 15 is 0 Å². The normalized spacial score (nSPS) is 12.3. The van der Waals surface area contributed by atoms with E-state index in [2.05, 4.69) is 39.8 Å². The van der Waals surface area contributed by atoms with Gasteiger partial charge < -0.3 is 14.3 Å². The van der Waals surface area contributed by atoms with Crippen LogP contribution in [0.5, 0.6) is 11.5 Å². The summed E-state index contributed by atoms with van der Waals surface area (Å²) < 4.78 is 10.9. The smallest absolute Gasteiger partial charge is 0.336 e. The molecule has 2 rings (SSSR count). The largest absolute Gasteiger partial charge is 0.504 e. The lowest BCUT2D eigenvalue weighted by atomic mass is 10.1. The van der Waals surface area contributed by atoms with Gasteiger partial charge in [0.1, 0.15) is 6.61 Å². The summed E-state index contributed by atoms with van der Waals surface area (Å²) in [7, 11) is 0. The summed E-state index contributed by atoms with van der Waals surface area (Å²) >= 11 is 0. The monoisotopic (exact) mass is 382 g/mol. The van der Waals surface area contributed by atoms with Crippen LogP contribution in [0.15, 0.2) is 68.4 Å². The molecule has 150 valence electrons. The first-order chi connectivity index (χ1) is 13.4. The highest BCUT2D eigenvalue weighted by atomic mass is 16.5. The van der Waals surface area contributed by atoms with Crippen LogP contribution in [-0.2, 0) is 0 Å². The fourth-order valence-electron chi connectivity index (χ4n) is 2.84. The number of phenolic OH excluding ortho intramolecular Hbond substituents is 1. The minimum atomic E-state index is -0.471. The fraction of sp³-hybridized carbons (Fsp3) is 0.375. The molecule has 28 heavy (non-hydrogen) atoms. The van der Waals surface area contributed by atoms with E-state index in [0.29, 0.717) is 12.0 Å². The molecule has 1 aromatic carbocycles. The quantitative estimate of drug-likeness (QED) is 0.408. The van der Waals surface area contributed by atoms with E-state index in [0.717, 1.165) is 25.7 Å². The van der Waals surface area contributed by atoms with Crippen molar-refractivity contribution in [1.29, 1.82) is 0 Å². The van der Waals surface area contributed by atoms with Crippen molar-refractivity contribution < 1.29 is 14.3 Å². The highest BCUT2D eigenvalue weighted by molar-refractivity contribution is 5.85. The molecule has 0 atom stereocenters. The summed E-state index contributed by atoms with van der Waals surface area (Å²) in [5.41, 5.74) is 3.80. The van der Waals surface area contributed by atoms with Gasteiger partial charge >= 0.3 is 5.63 Å². The molecule has 0 fully saturated rings. The Hall–Kier alpha value is -2.75. The van der Waals surface area contributed by atoms with E-state index in [4.69, 9.17) is 9.15 Å². The van der Waals surface area contributed by atoms with Gasteiger partial charge in [0.25, 0.3) is 0 Å². The average Bonchev–Trinajstić information content (AvgIpc) is 2.63. The molecule has 4 nitrogen and oxygen atoms in total. The van der Waals surface area contributed by atoms with Gasteiger partial charge in [0.05, 0.1) is 0 Å². The van der Waals surface area contributed by atoms with Gasteiger partial charge in [0.15, 0.2) is 11.3 Å². The van der Waals surface area contributed by atoms with Crippen LogP contribution in [0.1, 0.15) is 53.4 Å². The minimum Gasteiger partial charge on any atom is -0.504 e. The molecule has 0 bridgehead atoms. The molecule has 4 heteroatoms. The Bertz CT molecular complexity index is 941. The highest BCUT2D eigenvalue weighted by Crippen LogP contribution is 2.34. The molecule has 0 amide bonds. The zero-order valence-electron chi connectivity index (χ0n) is 17.2. The van der Waals surface area contributed by atoms with Gasteiger partial charge in [-0.25, -0.2) is 4.79 Å². The van der Waals surface area contributed by atoms with Gasteiger partial charge in [-0.1, -0.05) is 28.9 Å². The molecule has 0 aliphatic carbocycles. The highest BCUT2D eigenvalue weighted by Gasteiger charge is 2.11. The SMILES string of the molecule is CC(C)=CCC/C(C)=C/CC/C(C)=C/COc1c(O)ccc2ccc(=O)oc12. The standard InChI is InChI=1S/C24H30O4/c1-17(2)7-5-8-18(3)9-6-10-19(4)15-16-27-24-21(25)13-11-20-12-14-22(26)28-23(20)24/h7,9,11-15,25H,5-6,8,10,16H2,1-4H3/b18-9+,19-15+. The second-order valence-corrected chi connectivity index (χ2v) is 7.36. The van der Waals surface area contributed by atoms with Gasteiger partial charge in [-0.3, -0.25) is 0 Å². The number of hydrogen-bond acceptors (Lipinski definition) is 4. The van der Waals surface area contributed by atoms with Crippen molar-refractivity contribution in [1.82, 2.24) is 0 Å². The van der Waals surface area contributed by atoms with Gasteiger partial charge in [-0.2, -0.15) is 0 Å². The predicted molar refractivity (Wildman–Crippen MR) is 115 cm³/mol. The first kappa shape index (κ1) is 21.5. The molecule has 2 aromatic rings. The van der Waals surface area contributed by atoms with Crippen LogP contribution in [0.2, 0.25) is 0 Å². The molecule has 0 aliphatic rings. The Kier molecular flexibility index (Phi) is 8.12. The van der Waals surface area contributed by atoms with Crippen molar-refractivity contribution in [3.8, 4) is 11.5 Å². The van der Waals surface area contributed by atoms with E-state index in [9.17, 15) is 9.90 Å².